The number of rotatable bonds is 66. The molecule has 0 amide bonds. The first-order valence-corrected chi connectivity index (χ1v) is 37.6. The van der Waals surface area contributed by atoms with Crippen molar-refractivity contribution in [1.29, 1.82) is 0 Å². The maximum Gasteiger partial charge on any atom is 0.472 e. The van der Waals surface area contributed by atoms with Gasteiger partial charge in [0.2, 0.25) is 0 Å². The first-order valence-electron chi connectivity index (χ1n) is 34.6. The molecule has 17 nitrogen and oxygen atoms in total. The Balaban J connectivity index is 5.16. The summed E-state index contributed by atoms with van der Waals surface area (Å²) in [6.07, 6.45) is 44.6. The number of unbranched alkanes of at least 4 members (excludes halogenated alkanes) is 38. The maximum atomic E-state index is 13.0. The van der Waals surface area contributed by atoms with Crippen LogP contribution in [0, 0.1) is 5.92 Å². The largest absolute Gasteiger partial charge is 0.472 e. The predicted octanol–water partition coefficient (Wildman–Crippen LogP) is 18.6. The number of esters is 4. The molecule has 3 N–H and O–H groups in total. The molecule has 0 saturated heterocycles. The smallest absolute Gasteiger partial charge is 0.462 e. The van der Waals surface area contributed by atoms with E-state index in [2.05, 4.69) is 34.6 Å². The highest BCUT2D eigenvalue weighted by Gasteiger charge is 2.30. The van der Waals surface area contributed by atoms with Crippen molar-refractivity contribution < 1.29 is 80.2 Å². The van der Waals surface area contributed by atoms with Gasteiger partial charge >= 0.3 is 39.5 Å². The lowest BCUT2D eigenvalue weighted by atomic mass is 10.0. The predicted molar refractivity (Wildman–Crippen MR) is 340 cm³/mol. The Morgan fingerprint density at radius 1 is 0.318 bits per heavy atom. The van der Waals surface area contributed by atoms with E-state index < -0.39 is 97.5 Å². The quantitative estimate of drug-likeness (QED) is 0.0222. The van der Waals surface area contributed by atoms with E-state index in [1.807, 2.05) is 0 Å². The minimum atomic E-state index is -4.95. The summed E-state index contributed by atoms with van der Waals surface area (Å²) in [6.45, 7) is 7.17. The molecular formula is C66H128O17P2. The lowest BCUT2D eigenvalue weighted by Gasteiger charge is -2.21. The zero-order valence-electron chi connectivity index (χ0n) is 54.7. The average molecular weight is 1260 g/mol. The second-order valence-electron chi connectivity index (χ2n) is 24.3. The van der Waals surface area contributed by atoms with Gasteiger partial charge in [0.05, 0.1) is 26.4 Å². The topological polar surface area (TPSA) is 237 Å². The Kier molecular flexibility index (Phi) is 58.3. The molecule has 0 saturated carbocycles. The molecule has 0 heterocycles. The number of hydrogen-bond acceptors (Lipinski definition) is 15. The Hall–Kier alpha value is -1.94. The monoisotopic (exact) mass is 1250 g/mol. The van der Waals surface area contributed by atoms with Gasteiger partial charge in [-0.1, -0.05) is 285 Å². The third kappa shape index (κ3) is 60.7. The van der Waals surface area contributed by atoms with Gasteiger partial charge in [0, 0.05) is 25.7 Å². The zero-order valence-corrected chi connectivity index (χ0v) is 56.5. The van der Waals surface area contributed by atoms with Crippen molar-refractivity contribution in [3.63, 3.8) is 0 Å². The number of aliphatic hydroxyl groups is 1. The van der Waals surface area contributed by atoms with Gasteiger partial charge < -0.3 is 33.8 Å². The van der Waals surface area contributed by atoms with E-state index >= 15 is 0 Å². The van der Waals surface area contributed by atoms with Crippen molar-refractivity contribution >= 4 is 39.5 Å². The van der Waals surface area contributed by atoms with Gasteiger partial charge in [-0.3, -0.25) is 37.3 Å². The second kappa shape index (κ2) is 59.7. The molecule has 0 rings (SSSR count). The van der Waals surface area contributed by atoms with Crippen LogP contribution in [-0.2, 0) is 65.4 Å². The van der Waals surface area contributed by atoms with Crippen molar-refractivity contribution in [3.8, 4) is 0 Å². The summed E-state index contributed by atoms with van der Waals surface area (Å²) < 4.78 is 67.9. The molecule has 0 aromatic heterocycles. The van der Waals surface area contributed by atoms with Crippen molar-refractivity contribution in [3.05, 3.63) is 0 Å². The number of hydrogen-bond donors (Lipinski definition) is 3. The van der Waals surface area contributed by atoms with E-state index in [0.717, 1.165) is 115 Å². The van der Waals surface area contributed by atoms with Crippen molar-refractivity contribution in [2.75, 3.05) is 39.6 Å². The summed E-state index contributed by atoms with van der Waals surface area (Å²) in [4.78, 5) is 72.1. The van der Waals surface area contributed by atoms with Crippen LogP contribution in [0.4, 0.5) is 0 Å². The number of carbonyl (C=O) groups excluding carboxylic acids is 4. The van der Waals surface area contributed by atoms with E-state index in [4.69, 9.17) is 37.0 Å². The van der Waals surface area contributed by atoms with Gasteiger partial charge in [-0.25, -0.2) is 9.13 Å². The Bertz CT molecular complexity index is 1650. The highest BCUT2D eigenvalue weighted by Crippen LogP contribution is 2.45. The fourth-order valence-electron chi connectivity index (χ4n) is 9.94. The van der Waals surface area contributed by atoms with Crippen LogP contribution in [0.3, 0.4) is 0 Å². The fourth-order valence-corrected chi connectivity index (χ4v) is 11.5. The van der Waals surface area contributed by atoms with Crippen molar-refractivity contribution in [1.82, 2.24) is 0 Å². The van der Waals surface area contributed by atoms with Crippen molar-refractivity contribution in [2.24, 2.45) is 5.92 Å². The number of phosphoric ester groups is 2. The normalized spacial score (nSPS) is 14.2. The molecule has 0 fully saturated rings. The van der Waals surface area contributed by atoms with Crippen LogP contribution in [0.2, 0.25) is 0 Å². The van der Waals surface area contributed by atoms with E-state index in [9.17, 15) is 43.2 Å². The molecule has 0 aliphatic carbocycles. The second-order valence-corrected chi connectivity index (χ2v) is 27.2. The molecule has 0 aromatic carbocycles. The SMILES string of the molecule is CCCCCCCCCCCCCCC(=O)OC[C@H](COP(=O)(O)OC[C@@H](O)COP(=O)(O)OC[C@@H](COC(=O)CCCCCCCCC)OC(=O)CCCCCCCCCC)OC(=O)CCCCCCCCCCCCCCCCCC(C)C. The van der Waals surface area contributed by atoms with E-state index in [1.54, 1.807) is 0 Å². The summed E-state index contributed by atoms with van der Waals surface area (Å²) in [5.74, 6) is -1.33. The molecule has 2 unspecified atom stereocenters. The van der Waals surface area contributed by atoms with Crippen LogP contribution >= 0.6 is 15.6 Å². The molecule has 0 aliphatic heterocycles. The molecule has 0 spiro atoms. The van der Waals surface area contributed by atoms with Crippen LogP contribution in [0.15, 0.2) is 0 Å². The average Bonchev–Trinajstić information content (AvgIpc) is 3.61. The summed E-state index contributed by atoms with van der Waals surface area (Å²) in [5.41, 5.74) is 0. The van der Waals surface area contributed by atoms with Gasteiger partial charge in [-0.05, 0) is 31.6 Å². The lowest BCUT2D eigenvalue weighted by molar-refractivity contribution is -0.161. The van der Waals surface area contributed by atoms with Gasteiger partial charge in [0.25, 0.3) is 0 Å². The molecule has 0 aromatic rings. The molecular weight excluding hydrogens is 1130 g/mol. The molecule has 0 bridgehead atoms. The van der Waals surface area contributed by atoms with E-state index in [1.165, 1.54) is 141 Å². The van der Waals surface area contributed by atoms with Gasteiger partial charge in [-0.2, -0.15) is 0 Å². The number of phosphoric acid groups is 2. The third-order valence-electron chi connectivity index (χ3n) is 15.3. The molecule has 504 valence electrons. The molecule has 5 atom stereocenters. The number of aliphatic hydroxyl groups excluding tert-OH is 1. The maximum absolute atomic E-state index is 13.0. The van der Waals surface area contributed by atoms with Crippen LogP contribution in [0.1, 0.15) is 336 Å². The van der Waals surface area contributed by atoms with Gasteiger partial charge in [-0.15, -0.1) is 0 Å². The summed E-state index contributed by atoms with van der Waals surface area (Å²) in [7, 11) is -9.88. The highest BCUT2D eigenvalue weighted by molar-refractivity contribution is 7.47. The summed E-state index contributed by atoms with van der Waals surface area (Å²) in [5, 5.41) is 10.5. The standard InChI is InChI=1S/C66H128O17P2/c1-6-9-12-15-18-20-21-28-31-36-40-45-50-64(69)77-56-62(83-66(71)52-47-42-37-32-29-26-24-22-23-25-27-30-34-38-43-48-59(4)5)58-81-85(74,75)79-54-60(67)53-78-84(72,73)80-57-61(55-76-63(68)49-44-39-33-17-14-11-8-3)82-65(70)51-46-41-35-19-16-13-10-7-2/h59-62,67H,6-58H2,1-5H3,(H,72,73)(H,74,75)/t60-,61+,62+/m0/s1. The van der Waals surface area contributed by atoms with Gasteiger partial charge in [0.15, 0.2) is 12.2 Å². The lowest BCUT2D eigenvalue weighted by Crippen LogP contribution is -2.30. The van der Waals surface area contributed by atoms with Crippen LogP contribution in [-0.4, -0.2) is 96.7 Å². The number of ether oxygens (including phenoxy) is 4. The Labute approximate surface area is 517 Å². The highest BCUT2D eigenvalue weighted by atomic mass is 31.2. The molecule has 85 heavy (non-hydrogen) atoms. The van der Waals surface area contributed by atoms with E-state index in [-0.39, 0.29) is 25.7 Å². The van der Waals surface area contributed by atoms with E-state index in [0.29, 0.717) is 25.7 Å². The van der Waals surface area contributed by atoms with Crippen LogP contribution in [0.25, 0.3) is 0 Å². The first-order chi connectivity index (χ1) is 41.0. The Morgan fingerprint density at radius 2 is 0.541 bits per heavy atom. The molecule has 0 radical (unpaired) electrons. The van der Waals surface area contributed by atoms with Crippen LogP contribution in [0.5, 0.6) is 0 Å². The minimum Gasteiger partial charge on any atom is -0.462 e. The third-order valence-corrected chi connectivity index (χ3v) is 17.2. The van der Waals surface area contributed by atoms with Crippen molar-refractivity contribution in [2.45, 2.75) is 355 Å². The Morgan fingerprint density at radius 3 is 0.800 bits per heavy atom. The van der Waals surface area contributed by atoms with Gasteiger partial charge in [0.1, 0.15) is 19.3 Å². The molecule has 0 aliphatic rings. The summed E-state index contributed by atoms with van der Waals surface area (Å²) >= 11 is 0. The fraction of sp³-hybridized carbons (Fsp3) is 0.939. The zero-order chi connectivity index (χ0) is 62.8. The first kappa shape index (κ1) is 83.1. The molecule has 19 heteroatoms. The van der Waals surface area contributed by atoms with Crippen LogP contribution < -0.4 is 0 Å². The minimum absolute atomic E-state index is 0.105. The number of carbonyl (C=O) groups is 4. The summed E-state index contributed by atoms with van der Waals surface area (Å²) in [6, 6.07) is 0.